The largest absolute Gasteiger partial charge is 0.503 e. The molecule has 11 heteroatoms. The Labute approximate surface area is 241 Å². The summed E-state index contributed by atoms with van der Waals surface area (Å²) >= 11 is 0. The topological polar surface area (TPSA) is 114 Å². The fourth-order valence-corrected chi connectivity index (χ4v) is 4.92. The second-order valence-electron chi connectivity index (χ2n) is 9.70. The van der Waals surface area contributed by atoms with Crippen LogP contribution in [0.25, 0.3) is 22.3 Å². The summed E-state index contributed by atoms with van der Waals surface area (Å²) in [6.07, 6.45) is 3.41. The number of aromatic hydroxyl groups is 1. The predicted molar refractivity (Wildman–Crippen MR) is 157 cm³/mol. The lowest BCUT2D eigenvalue weighted by molar-refractivity contribution is -0.114. The minimum atomic E-state index is -0.696. The first-order chi connectivity index (χ1) is 20.2. The van der Waals surface area contributed by atoms with E-state index in [9.17, 15) is 9.90 Å². The van der Waals surface area contributed by atoms with E-state index in [1.54, 1.807) is 19.2 Å². The molecule has 0 unspecified atom stereocenters. The van der Waals surface area contributed by atoms with E-state index in [0.717, 1.165) is 22.2 Å². The molecule has 0 bridgehead atoms. The number of carbonyl (C=O) groups excluding carboxylic acids is 1. The Hall–Kier alpha value is -5.06. The first kappa shape index (κ1) is 28.5. The van der Waals surface area contributed by atoms with Crippen LogP contribution in [0.15, 0.2) is 54.9 Å². The summed E-state index contributed by atoms with van der Waals surface area (Å²) in [5, 5.41) is 17.2. The number of para-hydroxylation sites is 1. The molecular weight excluding hydrogens is 542 g/mol. The normalized spacial score (nSPS) is 11.1. The van der Waals surface area contributed by atoms with E-state index in [0.29, 0.717) is 35.9 Å². The molecule has 0 saturated heterocycles. The molecule has 0 aliphatic rings. The number of halogens is 2. The van der Waals surface area contributed by atoms with Gasteiger partial charge in [0.15, 0.2) is 17.4 Å². The van der Waals surface area contributed by atoms with E-state index in [-0.39, 0.29) is 35.3 Å². The van der Waals surface area contributed by atoms with Crippen molar-refractivity contribution >= 4 is 34.1 Å². The number of aromatic nitrogens is 4. The Balaban J connectivity index is 1.60. The van der Waals surface area contributed by atoms with Crippen molar-refractivity contribution in [3.05, 3.63) is 83.3 Å². The summed E-state index contributed by atoms with van der Waals surface area (Å²) in [6, 6.07) is 11.5. The van der Waals surface area contributed by atoms with E-state index in [1.807, 2.05) is 42.7 Å². The summed E-state index contributed by atoms with van der Waals surface area (Å²) in [5.74, 6) is -0.897. The molecule has 216 valence electrons. The number of hydrogen-bond donors (Lipinski definition) is 3. The standard InChI is InChI=1S/C31H30F2N6O3/c1-5-25-29(31-35-15-27(41)30(38-31)37-24-13-28(36-18(4)40)34-14-17(24)3)20-9-7-8-10-26(20)39(25)16-21-22(32)11-19(42-6-2)12-23(21)33/h7-15,41H,5-6,16H2,1-4H3,(H2,34,35,36,37,38,40). The number of hydrogen-bond acceptors (Lipinski definition) is 7. The van der Waals surface area contributed by atoms with E-state index in [1.165, 1.54) is 25.3 Å². The van der Waals surface area contributed by atoms with Crippen molar-refractivity contribution in [1.29, 1.82) is 0 Å². The van der Waals surface area contributed by atoms with Crippen molar-refractivity contribution in [2.45, 2.75) is 40.7 Å². The molecule has 3 heterocycles. The van der Waals surface area contributed by atoms with Gasteiger partial charge in [0, 0.05) is 64.7 Å². The van der Waals surface area contributed by atoms with Crippen molar-refractivity contribution in [3.8, 4) is 22.9 Å². The predicted octanol–water partition coefficient (Wildman–Crippen LogP) is 6.50. The molecule has 1 amide bonds. The first-order valence-corrected chi connectivity index (χ1v) is 13.5. The van der Waals surface area contributed by atoms with Crippen LogP contribution >= 0.6 is 0 Å². The van der Waals surface area contributed by atoms with Gasteiger partial charge in [0.25, 0.3) is 0 Å². The zero-order chi connectivity index (χ0) is 30.0. The highest BCUT2D eigenvalue weighted by molar-refractivity contribution is 5.97. The van der Waals surface area contributed by atoms with E-state index in [4.69, 9.17) is 4.74 Å². The van der Waals surface area contributed by atoms with Crippen LogP contribution in [0.1, 0.15) is 37.6 Å². The van der Waals surface area contributed by atoms with Crippen LogP contribution in [-0.2, 0) is 17.8 Å². The Bertz CT molecular complexity index is 1780. The zero-order valence-corrected chi connectivity index (χ0v) is 23.6. The Morgan fingerprint density at radius 1 is 1.07 bits per heavy atom. The third kappa shape index (κ3) is 5.58. The number of pyridine rings is 1. The van der Waals surface area contributed by atoms with Crippen molar-refractivity contribution in [2.24, 2.45) is 0 Å². The number of nitrogens with zero attached hydrogens (tertiary/aromatic N) is 4. The van der Waals surface area contributed by atoms with Crippen molar-refractivity contribution in [3.63, 3.8) is 0 Å². The molecule has 0 saturated carbocycles. The molecule has 0 radical (unpaired) electrons. The molecule has 9 nitrogen and oxygen atoms in total. The third-order valence-corrected chi connectivity index (χ3v) is 6.81. The fraction of sp³-hybridized carbons (Fsp3) is 0.226. The van der Waals surface area contributed by atoms with Gasteiger partial charge in [-0.2, -0.15) is 0 Å². The molecule has 5 aromatic rings. The lowest BCUT2D eigenvalue weighted by Gasteiger charge is -2.14. The van der Waals surface area contributed by atoms with Gasteiger partial charge in [0.2, 0.25) is 5.91 Å². The summed E-state index contributed by atoms with van der Waals surface area (Å²) in [4.78, 5) is 24.8. The number of rotatable bonds is 9. The Morgan fingerprint density at radius 2 is 1.81 bits per heavy atom. The maximum Gasteiger partial charge on any atom is 0.222 e. The van der Waals surface area contributed by atoms with Gasteiger partial charge in [-0.15, -0.1) is 0 Å². The summed E-state index contributed by atoms with van der Waals surface area (Å²) in [7, 11) is 0. The minimum absolute atomic E-state index is 0.0565. The van der Waals surface area contributed by atoms with Crippen LogP contribution in [0.5, 0.6) is 11.5 Å². The fourth-order valence-electron chi connectivity index (χ4n) is 4.92. The van der Waals surface area contributed by atoms with Gasteiger partial charge in [-0.05, 0) is 31.9 Å². The summed E-state index contributed by atoms with van der Waals surface area (Å²) in [6.45, 7) is 7.15. The van der Waals surface area contributed by atoms with Gasteiger partial charge in [-0.3, -0.25) is 4.79 Å². The third-order valence-electron chi connectivity index (χ3n) is 6.81. The number of fused-ring (bicyclic) bond motifs is 1. The van der Waals surface area contributed by atoms with Gasteiger partial charge in [0.1, 0.15) is 23.2 Å². The highest BCUT2D eigenvalue weighted by Crippen LogP contribution is 2.37. The van der Waals surface area contributed by atoms with Crippen molar-refractivity contribution < 1.29 is 23.4 Å². The second kappa shape index (κ2) is 11.8. The average molecular weight is 573 g/mol. The van der Waals surface area contributed by atoms with Gasteiger partial charge in [-0.1, -0.05) is 25.1 Å². The number of benzene rings is 2. The van der Waals surface area contributed by atoms with Crippen LogP contribution < -0.4 is 15.4 Å². The van der Waals surface area contributed by atoms with E-state index < -0.39 is 11.6 Å². The second-order valence-corrected chi connectivity index (χ2v) is 9.70. The molecule has 0 spiro atoms. The molecule has 42 heavy (non-hydrogen) atoms. The number of carbonyl (C=O) groups is 1. The van der Waals surface area contributed by atoms with Crippen LogP contribution in [-0.4, -0.2) is 37.1 Å². The van der Waals surface area contributed by atoms with Crippen molar-refractivity contribution in [1.82, 2.24) is 19.5 Å². The van der Waals surface area contributed by atoms with E-state index >= 15 is 8.78 Å². The molecule has 0 atom stereocenters. The molecule has 0 aliphatic carbocycles. The monoisotopic (exact) mass is 572 g/mol. The molecule has 3 aromatic heterocycles. The number of aryl methyl sites for hydroxylation is 1. The molecule has 3 N–H and O–H groups in total. The number of ether oxygens (including phenoxy) is 1. The van der Waals surface area contributed by atoms with Crippen LogP contribution in [0.2, 0.25) is 0 Å². The van der Waals surface area contributed by atoms with Crippen molar-refractivity contribution in [2.75, 3.05) is 17.2 Å². The maximum absolute atomic E-state index is 15.1. The van der Waals surface area contributed by atoms with Crippen LogP contribution in [0.4, 0.5) is 26.1 Å². The Kier molecular flexibility index (Phi) is 8.01. The van der Waals surface area contributed by atoms with E-state index in [2.05, 4.69) is 25.6 Å². The van der Waals surface area contributed by atoms with Gasteiger partial charge in [-0.25, -0.2) is 23.7 Å². The first-order valence-electron chi connectivity index (χ1n) is 13.5. The molecule has 5 rings (SSSR count). The highest BCUT2D eigenvalue weighted by Gasteiger charge is 2.23. The van der Waals surface area contributed by atoms with Gasteiger partial charge >= 0.3 is 0 Å². The van der Waals surface area contributed by atoms with Crippen LogP contribution in [0.3, 0.4) is 0 Å². The number of amides is 1. The molecule has 0 aliphatic heterocycles. The maximum atomic E-state index is 15.1. The van der Waals surface area contributed by atoms with Crippen LogP contribution in [0, 0.1) is 18.6 Å². The van der Waals surface area contributed by atoms with Gasteiger partial charge in [0.05, 0.1) is 19.3 Å². The SMILES string of the molecule is CCOc1cc(F)c(Cn2c(CC)c(-c3ncc(O)c(Nc4cc(NC(C)=O)ncc4C)n3)c3ccccc32)c(F)c1. The smallest absolute Gasteiger partial charge is 0.222 e. The highest BCUT2D eigenvalue weighted by atomic mass is 19.1. The quantitative estimate of drug-likeness (QED) is 0.185. The Morgan fingerprint density at radius 3 is 2.50 bits per heavy atom. The average Bonchev–Trinajstić information content (AvgIpc) is 3.26. The molecule has 2 aromatic carbocycles. The minimum Gasteiger partial charge on any atom is -0.503 e. The number of nitrogens with one attached hydrogen (secondary N) is 2. The lowest BCUT2D eigenvalue weighted by atomic mass is 10.1. The molecular formula is C31H30F2N6O3. The number of anilines is 3. The summed E-state index contributed by atoms with van der Waals surface area (Å²) < 4.78 is 37.4. The molecule has 0 fully saturated rings. The summed E-state index contributed by atoms with van der Waals surface area (Å²) in [5.41, 5.74) is 3.47. The zero-order valence-electron chi connectivity index (χ0n) is 23.6. The lowest BCUT2D eigenvalue weighted by Crippen LogP contribution is -2.09. The van der Waals surface area contributed by atoms with Gasteiger partial charge < -0.3 is 25.0 Å².